The van der Waals surface area contributed by atoms with Crippen molar-refractivity contribution in [2.45, 2.75) is 6.54 Å². The molecule has 86 valence electrons. The van der Waals surface area contributed by atoms with Crippen molar-refractivity contribution in [3.05, 3.63) is 58.6 Å². The Morgan fingerprint density at radius 2 is 2.24 bits per heavy atom. The molecule has 0 aliphatic heterocycles. The average molecular weight is 292 g/mol. The molecule has 4 nitrogen and oxygen atoms in total. The predicted molar refractivity (Wildman–Crippen MR) is 67.3 cm³/mol. The van der Waals surface area contributed by atoms with Gasteiger partial charge in [-0.15, -0.1) is 0 Å². The molecule has 0 atom stereocenters. The largest absolute Gasteiger partial charge is 0.348 e. The molecule has 0 spiro atoms. The van der Waals surface area contributed by atoms with Crippen LogP contribution in [0.15, 0.2) is 47.5 Å². The lowest BCUT2D eigenvalue weighted by molar-refractivity contribution is 0.0950. The van der Waals surface area contributed by atoms with Gasteiger partial charge in [-0.3, -0.25) is 9.78 Å². The number of carbonyl (C=O) groups excluding carboxylic acids is 1. The molecule has 2 aromatic heterocycles. The van der Waals surface area contributed by atoms with Gasteiger partial charge in [-0.1, -0.05) is 6.07 Å². The van der Waals surface area contributed by atoms with Crippen LogP contribution in [0.3, 0.4) is 0 Å². The summed E-state index contributed by atoms with van der Waals surface area (Å²) in [6, 6.07) is 7.10. The maximum absolute atomic E-state index is 11.8. The van der Waals surface area contributed by atoms with Crippen molar-refractivity contribution in [2.75, 3.05) is 0 Å². The Bertz CT molecular complexity index is 516. The third-order valence-corrected chi connectivity index (χ3v) is 2.60. The minimum atomic E-state index is -0.128. The van der Waals surface area contributed by atoms with Crippen LogP contribution in [0.25, 0.3) is 0 Å². The van der Waals surface area contributed by atoms with E-state index in [2.05, 4.69) is 31.2 Å². The summed E-state index contributed by atoms with van der Waals surface area (Å²) >= 11 is 3.23. The van der Waals surface area contributed by atoms with E-state index in [9.17, 15) is 4.79 Å². The lowest BCUT2D eigenvalue weighted by Gasteiger charge is -2.04. The van der Waals surface area contributed by atoms with Crippen LogP contribution >= 0.6 is 15.9 Å². The van der Waals surface area contributed by atoms with Crippen molar-refractivity contribution in [1.29, 1.82) is 0 Å². The Kier molecular flexibility index (Phi) is 3.82. The van der Waals surface area contributed by atoms with E-state index in [0.717, 1.165) is 5.56 Å². The number of pyridine rings is 2. The van der Waals surface area contributed by atoms with E-state index >= 15 is 0 Å². The summed E-state index contributed by atoms with van der Waals surface area (Å²) in [5.41, 5.74) is 1.55. The summed E-state index contributed by atoms with van der Waals surface area (Å²) in [4.78, 5) is 19.7. The second kappa shape index (κ2) is 5.54. The molecule has 2 rings (SSSR count). The number of hydrogen-bond donors (Lipinski definition) is 1. The van der Waals surface area contributed by atoms with Crippen LogP contribution in [0.4, 0.5) is 0 Å². The fourth-order valence-electron chi connectivity index (χ4n) is 1.33. The fourth-order valence-corrected chi connectivity index (χ4v) is 1.70. The van der Waals surface area contributed by atoms with E-state index < -0.39 is 0 Å². The zero-order valence-corrected chi connectivity index (χ0v) is 10.5. The number of nitrogens with one attached hydrogen (secondary N) is 1. The summed E-state index contributed by atoms with van der Waals surface area (Å²) in [5, 5.41) is 2.81. The monoisotopic (exact) mass is 291 g/mol. The van der Waals surface area contributed by atoms with E-state index in [4.69, 9.17) is 0 Å². The van der Waals surface area contributed by atoms with Crippen LogP contribution in [0.5, 0.6) is 0 Å². The number of halogens is 1. The van der Waals surface area contributed by atoms with Gasteiger partial charge in [0, 0.05) is 30.7 Å². The molecule has 0 saturated heterocycles. The predicted octanol–water partition coefficient (Wildman–Crippen LogP) is 2.17. The average Bonchev–Trinajstić information content (AvgIpc) is 2.37. The number of carbonyl (C=O) groups is 1. The van der Waals surface area contributed by atoms with Crippen molar-refractivity contribution in [3.63, 3.8) is 0 Å². The van der Waals surface area contributed by atoms with Crippen LogP contribution in [-0.2, 0) is 6.54 Å². The Hall–Kier alpha value is -1.75. The van der Waals surface area contributed by atoms with Crippen molar-refractivity contribution in [3.8, 4) is 0 Å². The molecule has 0 radical (unpaired) electrons. The van der Waals surface area contributed by atoms with Gasteiger partial charge in [0.1, 0.15) is 4.60 Å². The normalized spacial score (nSPS) is 9.94. The van der Waals surface area contributed by atoms with Crippen molar-refractivity contribution in [1.82, 2.24) is 15.3 Å². The number of rotatable bonds is 3. The molecular formula is C12H10BrN3O. The molecular weight excluding hydrogens is 282 g/mol. The smallest absolute Gasteiger partial charge is 0.251 e. The second-order valence-corrected chi connectivity index (χ2v) is 4.22. The number of hydrogen-bond acceptors (Lipinski definition) is 3. The Labute approximate surface area is 107 Å². The highest BCUT2D eigenvalue weighted by molar-refractivity contribution is 9.10. The van der Waals surface area contributed by atoms with Gasteiger partial charge in [-0.05, 0) is 39.7 Å². The van der Waals surface area contributed by atoms with Crippen LogP contribution in [0.1, 0.15) is 15.9 Å². The fraction of sp³-hybridized carbons (Fsp3) is 0.0833. The molecule has 0 bridgehead atoms. The third-order valence-electron chi connectivity index (χ3n) is 2.16. The minimum absolute atomic E-state index is 0.128. The minimum Gasteiger partial charge on any atom is -0.348 e. The molecule has 1 amide bonds. The third kappa shape index (κ3) is 3.35. The molecule has 0 fully saturated rings. The molecule has 0 unspecified atom stereocenters. The molecule has 0 aliphatic rings. The van der Waals surface area contributed by atoms with Gasteiger partial charge >= 0.3 is 0 Å². The first-order chi connectivity index (χ1) is 8.25. The molecule has 0 saturated carbocycles. The highest BCUT2D eigenvalue weighted by Gasteiger charge is 2.05. The van der Waals surface area contributed by atoms with E-state index in [-0.39, 0.29) is 5.91 Å². The summed E-state index contributed by atoms with van der Waals surface area (Å²) < 4.78 is 0.645. The molecule has 0 aliphatic carbocycles. The van der Waals surface area contributed by atoms with Gasteiger partial charge in [0.2, 0.25) is 0 Å². The second-order valence-electron chi connectivity index (χ2n) is 3.41. The Balaban J connectivity index is 1.98. The van der Waals surface area contributed by atoms with E-state index in [1.807, 2.05) is 12.1 Å². The zero-order chi connectivity index (χ0) is 12.1. The van der Waals surface area contributed by atoms with E-state index in [1.54, 1.807) is 30.7 Å². The van der Waals surface area contributed by atoms with Gasteiger partial charge in [-0.2, -0.15) is 0 Å². The number of nitrogens with zero attached hydrogens (tertiary/aromatic N) is 2. The first-order valence-corrected chi connectivity index (χ1v) is 5.83. The van der Waals surface area contributed by atoms with Crippen LogP contribution in [0, 0.1) is 0 Å². The zero-order valence-electron chi connectivity index (χ0n) is 8.93. The number of amides is 1. The van der Waals surface area contributed by atoms with Gasteiger partial charge < -0.3 is 5.32 Å². The van der Waals surface area contributed by atoms with Crippen molar-refractivity contribution < 1.29 is 4.79 Å². The molecule has 5 heteroatoms. The van der Waals surface area contributed by atoms with E-state index in [1.165, 1.54) is 0 Å². The molecule has 2 heterocycles. The SMILES string of the molecule is O=C(NCc1cccnc1)c1ccnc(Br)c1. The van der Waals surface area contributed by atoms with Gasteiger partial charge in [0.05, 0.1) is 0 Å². The first kappa shape index (κ1) is 11.7. The maximum atomic E-state index is 11.8. The van der Waals surface area contributed by atoms with E-state index in [0.29, 0.717) is 16.7 Å². The lowest BCUT2D eigenvalue weighted by Crippen LogP contribution is -2.22. The summed E-state index contributed by atoms with van der Waals surface area (Å²) in [6.07, 6.45) is 5.01. The van der Waals surface area contributed by atoms with Gasteiger partial charge in [0.25, 0.3) is 5.91 Å². The Morgan fingerprint density at radius 3 is 2.94 bits per heavy atom. The van der Waals surface area contributed by atoms with Crippen molar-refractivity contribution >= 4 is 21.8 Å². The quantitative estimate of drug-likeness (QED) is 0.882. The standard InChI is InChI=1S/C12H10BrN3O/c13-11-6-10(3-5-15-11)12(17)16-8-9-2-1-4-14-7-9/h1-7H,8H2,(H,16,17). The van der Waals surface area contributed by atoms with Gasteiger partial charge in [-0.25, -0.2) is 4.98 Å². The Morgan fingerprint density at radius 1 is 1.35 bits per heavy atom. The van der Waals surface area contributed by atoms with Crippen LogP contribution in [-0.4, -0.2) is 15.9 Å². The number of aromatic nitrogens is 2. The summed E-state index contributed by atoms with van der Waals surface area (Å²) in [7, 11) is 0. The highest BCUT2D eigenvalue weighted by Crippen LogP contribution is 2.08. The molecule has 17 heavy (non-hydrogen) atoms. The van der Waals surface area contributed by atoms with Crippen LogP contribution in [0.2, 0.25) is 0 Å². The topological polar surface area (TPSA) is 54.9 Å². The van der Waals surface area contributed by atoms with Gasteiger partial charge in [0.15, 0.2) is 0 Å². The summed E-state index contributed by atoms with van der Waals surface area (Å²) in [5.74, 6) is -0.128. The van der Waals surface area contributed by atoms with Crippen molar-refractivity contribution in [2.24, 2.45) is 0 Å². The lowest BCUT2D eigenvalue weighted by atomic mass is 10.2. The maximum Gasteiger partial charge on any atom is 0.251 e. The van der Waals surface area contributed by atoms with Crippen LogP contribution < -0.4 is 5.32 Å². The summed E-state index contributed by atoms with van der Waals surface area (Å²) in [6.45, 7) is 0.465. The molecule has 0 aromatic carbocycles. The highest BCUT2D eigenvalue weighted by atomic mass is 79.9. The molecule has 1 N–H and O–H groups in total. The first-order valence-electron chi connectivity index (χ1n) is 5.04. The molecule has 2 aromatic rings.